The van der Waals surface area contributed by atoms with Crippen molar-refractivity contribution in [2.24, 2.45) is 0 Å². The third kappa shape index (κ3) is 2.68. The molecule has 2 nitrogen and oxygen atoms in total. The van der Waals surface area contributed by atoms with Crippen LogP contribution in [0, 0.1) is 9.39 Å². The highest BCUT2D eigenvalue weighted by Crippen LogP contribution is 2.29. The van der Waals surface area contributed by atoms with Crippen LogP contribution >= 0.6 is 22.6 Å². The first-order valence-electron chi connectivity index (χ1n) is 4.91. The van der Waals surface area contributed by atoms with Gasteiger partial charge in [0.2, 0.25) is 0 Å². The van der Waals surface area contributed by atoms with Gasteiger partial charge in [-0.3, -0.25) is 0 Å². The normalized spacial score (nSPS) is 26.6. The van der Waals surface area contributed by atoms with Gasteiger partial charge in [-0.2, -0.15) is 0 Å². The second-order valence-corrected chi connectivity index (χ2v) is 4.87. The Morgan fingerprint density at radius 1 is 1.47 bits per heavy atom. The van der Waals surface area contributed by atoms with E-state index in [9.17, 15) is 9.50 Å². The SMILES string of the molecule is OC1CCOC(c2ccc(I)c(F)c2)C1. The summed E-state index contributed by atoms with van der Waals surface area (Å²) in [6.45, 7) is 0.541. The van der Waals surface area contributed by atoms with Gasteiger partial charge in [-0.25, -0.2) is 4.39 Å². The van der Waals surface area contributed by atoms with Crippen molar-refractivity contribution in [1.82, 2.24) is 0 Å². The van der Waals surface area contributed by atoms with Crippen LogP contribution in [0.2, 0.25) is 0 Å². The fourth-order valence-electron chi connectivity index (χ4n) is 1.72. The summed E-state index contributed by atoms with van der Waals surface area (Å²) < 4.78 is 19.4. The number of hydrogen-bond donors (Lipinski definition) is 1. The van der Waals surface area contributed by atoms with E-state index in [0.29, 0.717) is 23.0 Å². The molecule has 2 atom stereocenters. The summed E-state index contributed by atoms with van der Waals surface area (Å²) >= 11 is 1.95. The standard InChI is InChI=1S/C11H12FIO2/c12-9-5-7(1-2-10(9)13)11-6-8(14)3-4-15-11/h1-2,5,8,11,14H,3-4,6H2. The van der Waals surface area contributed by atoms with Gasteiger partial charge in [0.05, 0.1) is 12.2 Å². The molecule has 2 unspecified atom stereocenters. The molecule has 1 aliphatic rings. The quantitative estimate of drug-likeness (QED) is 0.806. The molecule has 1 heterocycles. The molecule has 1 fully saturated rings. The van der Waals surface area contributed by atoms with Gasteiger partial charge in [0, 0.05) is 16.6 Å². The van der Waals surface area contributed by atoms with Crippen molar-refractivity contribution in [1.29, 1.82) is 0 Å². The summed E-state index contributed by atoms with van der Waals surface area (Å²) in [5, 5.41) is 9.49. The second kappa shape index (κ2) is 4.76. The largest absolute Gasteiger partial charge is 0.393 e. The highest BCUT2D eigenvalue weighted by atomic mass is 127. The van der Waals surface area contributed by atoms with Crippen LogP contribution in [-0.2, 0) is 4.74 Å². The molecule has 0 aliphatic carbocycles. The van der Waals surface area contributed by atoms with Crippen LogP contribution in [-0.4, -0.2) is 17.8 Å². The third-order valence-electron chi connectivity index (χ3n) is 2.57. The predicted octanol–water partition coefficient (Wildman–Crippen LogP) is 2.64. The summed E-state index contributed by atoms with van der Waals surface area (Å²) in [7, 11) is 0. The van der Waals surface area contributed by atoms with Crippen LogP contribution < -0.4 is 0 Å². The Balaban J connectivity index is 2.18. The molecule has 4 heteroatoms. The highest BCUT2D eigenvalue weighted by molar-refractivity contribution is 14.1. The lowest BCUT2D eigenvalue weighted by molar-refractivity contribution is -0.0449. The molecule has 0 bridgehead atoms. The van der Waals surface area contributed by atoms with Crippen molar-refractivity contribution >= 4 is 22.6 Å². The van der Waals surface area contributed by atoms with Gasteiger partial charge in [0.25, 0.3) is 0 Å². The molecule has 1 saturated heterocycles. The zero-order chi connectivity index (χ0) is 10.8. The molecule has 0 aromatic heterocycles. The van der Waals surface area contributed by atoms with Gasteiger partial charge < -0.3 is 9.84 Å². The fraction of sp³-hybridized carbons (Fsp3) is 0.455. The van der Waals surface area contributed by atoms with E-state index in [1.54, 1.807) is 6.07 Å². The molecule has 0 radical (unpaired) electrons. The van der Waals surface area contributed by atoms with Crippen LogP contribution in [0.4, 0.5) is 4.39 Å². The Kier molecular flexibility index (Phi) is 3.58. The lowest BCUT2D eigenvalue weighted by Gasteiger charge is -2.26. The van der Waals surface area contributed by atoms with Crippen molar-refractivity contribution in [2.45, 2.75) is 25.0 Å². The van der Waals surface area contributed by atoms with Gasteiger partial charge in [0.1, 0.15) is 5.82 Å². The van der Waals surface area contributed by atoms with Gasteiger partial charge in [-0.1, -0.05) is 6.07 Å². The summed E-state index contributed by atoms with van der Waals surface area (Å²) in [4.78, 5) is 0. The van der Waals surface area contributed by atoms with Crippen molar-refractivity contribution in [3.8, 4) is 0 Å². The molecule has 0 spiro atoms. The minimum Gasteiger partial charge on any atom is -0.393 e. The number of benzene rings is 1. The maximum atomic E-state index is 13.3. The summed E-state index contributed by atoms with van der Waals surface area (Å²) in [6, 6.07) is 5.08. The fourth-order valence-corrected chi connectivity index (χ4v) is 2.06. The smallest absolute Gasteiger partial charge is 0.136 e. The lowest BCUT2D eigenvalue weighted by Crippen LogP contribution is -2.23. The summed E-state index contributed by atoms with van der Waals surface area (Å²) in [5.41, 5.74) is 0.812. The van der Waals surface area contributed by atoms with Crippen LogP contribution in [0.3, 0.4) is 0 Å². The third-order valence-corrected chi connectivity index (χ3v) is 3.45. The van der Waals surface area contributed by atoms with Crippen LogP contribution in [0.1, 0.15) is 24.5 Å². The molecular formula is C11H12FIO2. The predicted molar refractivity (Wildman–Crippen MR) is 63.1 cm³/mol. The maximum absolute atomic E-state index is 13.3. The average molecular weight is 322 g/mol. The molecule has 1 aliphatic heterocycles. The molecule has 1 aromatic carbocycles. The van der Waals surface area contributed by atoms with Crippen molar-refractivity contribution < 1.29 is 14.2 Å². The van der Waals surface area contributed by atoms with E-state index < -0.39 is 0 Å². The Hall–Kier alpha value is -0.200. The Labute approximate surface area is 102 Å². The van der Waals surface area contributed by atoms with E-state index >= 15 is 0 Å². The number of halogens is 2. The Morgan fingerprint density at radius 3 is 2.93 bits per heavy atom. The topological polar surface area (TPSA) is 29.5 Å². The van der Waals surface area contributed by atoms with Crippen molar-refractivity contribution in [3.63, 3.8) is 0 Å². The van der Waals surface area contributed by atoms with Crippen molar-refractivity contribution in [2.75, 3.05) is 6.61 Å². The first-order valence-corrected chi connectivity index (χ1v) is 5.99. The molecule has 0 saturated carbocycles. The Bertz CT molecular complexity index is 356. The maximum Gasteiger partial charge on any atom is 0.136 e. The van der Waals surface area contributed by atoms with E-state index in [2.05, 4.69) is 0 Å². The van der Waals surface area contributed by atoms with Gasteiger partial charge >= 0.3 is 0 Å². The minimum atomic E-state index is -0.328. The van der Waals surface area contributed by atoms with E-state index in [0.717, 1.165) is 5.56 Å². The molecule has 1 N–H and O–H groups in total. The van der Waals surface area contributed by atoms with E-state index in [-0.39, 0.29) is 18.0 Å². The van der Waals surface area contributed by atoms with Crippen LogP contribution in [0.25, 0.3) is 0 Å². The molecule has 15 heavy (non-hydrogen) atoms. The first kappa shape index (κ1) is 11.3. The number of ether oxygens (including phenoxy) is 1. The van der Waals surface area contributed by atoms with Crippen LogP contribution in [0.5, 0.6) is 0 Å². The number of rotatable bonds is 1. The monoisotopic (exact) mass is 322 g/mol. The van der Waals surface area contributed by atoms with Crippen molar-refractivity contribution in [3.05, 3.63) is 33.1 Å². The summed E-state index contributed by atoms with van der Waals surface area (Å²) in [5.74, 6) is -0.225. The summed E-state index contributed by atoms with van der Waals surface area (Å²) in [6.07, 6.45) is 0.731. The minimum absolute atomic E-state index is 0.166. The molecular weight excluding hydrogens is 310 g/mol. The number of aliphatic hydroxyl groups excluding tert-OH is 1. The second-order valence-electron chi connectivity index (χ2n) is 3.71. The zero-order valence-electron chi connectivity index (χ0n) is 8.12. The lowest BCUT2D eigenvalue weighted by atomic mass is 9.99. The van der Waals surface area contributed by atoms with E-state index in [1.807, 2.05) is 28.7 Å². The van der Waals surface area contributed by atoms with E-state index in [1.165, 1.54) is 6.07 Å². The van der Waals surface area contributed by atoms with E-state index in [4.69, 9.17) is 4.74 Å². The molecule has 2 rings (SSSR count). The highest BCUT2D eigenvalue weighted by Gasteiger charge is 2.22. The molecule has 82 valence electrons. The zero-order valence-corrected chi connectivity index (χ0v) is 10.3. The Morgan fingerprint density at radius 2 is 2.27 bits per heavy atom. The van der Waals surface area contributed by atoms with Gasteiger partial charge in [-0.15, -0.1) is 0 Å². The van der Waals surface area contributed by atoms with Gasteiger partial charge in [-0.05, 0) is 46.7 Å². The average Bonchev–Trinajstić information content (AvgIpc) is 2.22. The van der Waals surface area contributed by atoms with Crippen LogP contribution in [0.15, 0.2) is 18.2 Å². The molecule has 1 aromatic rings. The molecule has 0 amide bonds. The number of aliphatic hydroxyl groups is 1. The van der Waals surface area contributed by atoms with Gasteiger partial charge in [0.15, 0.2) is 0 Å². The first-order chi connectivity index (χ1) is 7.16. The number of hydrogen-bond acceptors (Lipinski definition) is 2.